The van der Waals surface area contributed by atoms with Gasteiger partial charge in [0.2, 0.25) is 0 Å². The minimum atomic E-state index is -0.855. The van der Waals surface area contributed by atoms with Crippen LogP contribution in [0.5, 0.6) is 11.5 Å². The SMILES string of the molecule is CCCC1=C(C(=O)OCC)[C@@H](c2cc(OC)ccc2OC)n2c(s/c(=C\c3cc(-c4ccccc4)n(-c4ccccc4)c3-c3ccccc3)c2=O)=N1. The number of nitrogens with zero attached hydrogens (tertiary/aromatic N) is 3. The molecule has 1 aliphatic rings. The zero-order valence-electron chi connectivity index (χ0n) is 29.5. The Bertz CT molecular complexity index is 2450. The predicted molar refractivity (Wildman–Crippen MR) is 206 cm³/mol. The lowest BCUT2D eigenvalue weighted by molar-refractivity contribution is -0.139. The predicted octanol–water partition coefficient (Wildman–Crippen LogP) is 7.72. The Kier molecular flexibility index (Phi) is 10.0. The smallest absolute Gasteiger partial charge is 0.338 e. The first-order valence-corrected chi connectivity index (χ1v) is 18.1. The summed E-state index contributed by atoms with van der Waals surface area (Å²) in [6.07, 6.45) is 3.22. The van der Waals surface area contributed by atoms with Gasteiger partial charge in [-0.25, -0.2) is 9.79 Å². The van der Waals surface area contributed by atoms with E-state index >= 15 is 0 Å². The average molecular weight is 710 g/mol. The van der Waals surface area contributed by atoms with Crippen molar-refractivity contribution in [2.45, 2.75) is 32.7 Å². The van der Waals surface area contributed by atoms with Gasteiger partial charge in [-0.05, 0) is 66.9 Å². The summed E-state index contributed by atoms with van der Waals surface area (Å²) in [5.74, 6) is 0.565. The van der Waals surface area contributed by atoms with Gasteiger partial charge in [0.15, 0.2) is 4.80 Å². The number of benzene rings is 4. The number of aromatic nitrogens is 2. The van der Waals surface area contributed by atoms with Gasteiger partial charge in [-0.2, -0.15) is 0 Å². The van der Waals surface area contributed by atoms with Crippen LogP contribution in [0.15, 0.2) is 136 Å². The van der Waals surface area contributed by atoms with Gasteiger partial charge in [0.25, 0.3) is 5.56 Å². The minimum Gasteiger partial charge on any atom is -0.497 e. The van der Waals surface area contributed by atoms with Crippen LogP contribution in [0, 0.1) is 0 Å². The largest absolute Gasteiger partial charge is 0.497 e. The third-order valence-corrected chi connectivity index (χ3v) is 10.1. The first-order valence-electron chi connectivity index (χ1n) is 17.3. The van der Waals surface area contributed by atoms with Crippen LogP contribution in [0.3, 0.4) is 0 Å². The van der Waals surface area contributed by atoms with Crippen molar-refractivity contribution < 1.29 is 19.0 Å². The number of rotatable bonds is 11. The second-order valence-electron chi connectivity index (χ2n) is 12.3. The maximum absolute atomic E-state index is 14.9. The summed E-state index contributed by atoms with van der Waals surface area (Å²) >= 11 is 1.31. The van der Waals surface area contributed by atoms with E-state index in [1.165, 1.54) is 11.3 Å². The first-order chi connectivity index (χ1) is 25.5. The maximum Gasteiger partial charge on any atom is 0.338 e. The van der Waals surface area contributed by atoms with Crippen molar-refractivity contribution in [1.29, 1.82) is 0 Å². The second kappa shape index (κ2) is 15.1. The fourth-order valence-electron chi connectivity index (χ4n) is 6.81. The van der Waals surface area contributed by atoms with Gasteiger partial charge in [0.1, 0.15) is 17.5 Å². The van der Waals surface area contributed by atoms with Crippen molar-refractivity contribution >= 4 is 23.4 Å². The van der Waals surface area contributed by atoms with E-state index in [9.17, 15) is 9.59 Å². The van der Waals surface area contributed by atoms with Crippen LogP contribution in [0.25, 0.3) is 34.3 Å². The fourth-order valence-corrected chi connectivity index (χ4v) is 7.82. The molecule has 1 atom stereocenters. The van der Waals surface area contributed by atoms with Crippen LogP contribution < -0.4 is 24.4 Å². The lowest BCUT2D eigenvalue weighted by Gasteiger charge is -2.27. The van der Waals surface area contributed by atoms with Crippen LogP contribution in [0.1, 0.15) is 43.9 Å². The molecule has 0 amide bonds. The molecule has 8 nitrogen and oxygen atoms in total. The number of para-hydroxylation sites is 1. The van der Waals surface area contributed by atoms with Gasteiger partial charge in [-0.1, -0.05) is 104 Å². The molecule has 52 heavy (non-hydrogen) atoms. The Balaban J connectivity index is 1.54. The van der Waals surface area contributed by atoms with Gasteiger partial charge in [0.05, 0.1) is 48.0 Å². The van der Waals surface area contributed by atoms with Gasteiger partial charge in [-0.15, -0.1) is 0 Å². The summed E-state index contributed by atoms with van der Waals surface area (Å²) in [6, 6.07) is 37.4. The molecule has 0 bridgehead atoms. The maximum atomic E-state index is 14.9. The summed E-state index contributed by atoms with van der Waals surface area (Å²) in [6.45, 7) is 3.98. The van der Waals surface area contributed by atoms with Gasteiger partial charge in [-0.3, -0.25) is 9.36 Å². The number of allylic oxidation sites excluding steroid dienone is 1. The normalized spacial score (nSPS) is 14.2. The van der Waals surface area contributed by atoms with E-state index in [1.54, 1.807) is 37.8 Å². The van der Waals surface area contributed by atoms with E-state index in [-0.39, 0.29) is 12.2 Å². The Hall–Kier alpha value is -5.93. The Morgan fingerprint density at radius 3 is 2.15 bits per heavy atom. The van der Waals surface area contributed by atoms with E-state index in [1.807, 2.05) is 73.7 Å². The third-order valence-electron chi connectivity index (χ3n) is 9.07. The molecule has 0 fully saturated rings. The van der Waals surface area contributed by atoms with Crippen LogP contribution in [-0.2, 0) is 9.53 Å². The zero-order valence-corrected chi connectivity index (χ0v) is 30.4. The van der Waals surface area contributed by atoms with E-state index in [0.29, 0.717) is 44.1 Å². The molecule has 4 aromatic carbocycles. The molecule has 0 aliphatic carbocycles. The highest BCUT2D eigenvalue weighted by molar-refractivity contribution is 7.07. The molecule has 262 valence electrons. The molecule has 0 radical (unpaired) electrons. The molecule has 0 N–H and O–H groups in total. The van der Waals surface area contributed by atoms with Crippen LogP contribution in [-0.4, -0.2) is 35.9 Å². The number of hydrogen-bond acceptors (Lipinski definition) is 7. The summed E-state index contributed by atoms with van der Waals surface area (Å²) in [7, 11) is 3.15. The topological polar surface area (TPSA) is 84.0 Å². The lowest BCUT2D eigenvalue weighted by Crippen LogP contribution is -2.40. The zero-order chi connectivity index (χ0) is 36.2. The van der Waals surface area contributed by atoms with Gasteiger partial charge >= 0.3 is 5.97 Å². The number of fused-ring (bicyclic) bond motifs is 1. The molecule has 0 spiro atoms. The van der Waals surface area contributed by atoms with Crippen LogP contribution in [0.4, 0.5) is 0 Å². The summed E-state index contributed by atoms with van der Waals surface area (Å²) in [5.41, 5.74) is 7.08. The highest BCUT2D eigenvalue weighted by Crippen LogP contribution is 2.39. The van der Waals surface area contributed by atoms with Crippen molar-refractivity contribution in [3.63, 3.8) is 0 Å². The Morgan fingerprint density at radius 1 is 0.846 bits per heavy atom. The molecule has 0 unspecified atom stereocenters. The fraction of sp³-hybridized carbons (Fsp3) is 0.186. The number of ether oxygens (including phenoxy) is 3. The molecular weight excluding hydrogens is 671 g/mol. The molecule has 0 saturated heterocycles. The summed E-state index contributed by atoms with van der Waals surface area (Å²) in [5, 5.41) is 0. The molecule has 0 saturated carbocycles. The molecule has 6 aromatic rings. The van der Waals surface area contributed by atoms with Gasteiger partial charge in [0, 0.05) is 16.8 Å². The van der Waals surface area contributed by atoms with Crippen molar-refractivity contribution in [2.75, 3.05) is 20.8 Å². The highest BCUT2D eigenvalue weighted by atomic mass is 32.1. The number of esters is 1. The van der Waals surface area contributed by atoms with E-state index in [4.69, 9.17) is 19.2 Å². The Labute approximate surface area is 306 Å². The molecule has 1 aliphatic heterocycles. The summed E-state index contributed by atoms with van der Waals surface area (Å²) < 4.78 is 21.4. The molecule has 2 aromatic heterocycles. The van der Waals surface area contributed by atoms with Crippen LogP contribution in [0.2, 0.25) is 0 Å². The van der Waals surface area contributed by atoms with Crippen molar-refractivity contribution in [3.05, 3.63) is 157 Å². The number of carbonyl (C=O) groups excluding carboxylic acids is 1. The van der Waals surface area contributed by atoms with E-state index in [2.05, 4.69) is 47.0 Å². The van der Waals surface area contributed by atoms with Crippen molar-refractivity contribution in [1.82, 2.24) is 9.13 Å². The lowest BCUT2D eigenvalue weighted by atomic mass is 9.93. The third kappa shape index (κ3) is 6.39. The molecular formula is C43H39N3O5S. The van der Waals surface area contributed by atoms with Crippen LogP contribution >= 0.6 is 11.3 Å². The second-order valence-corrected chi connectivity index (χ2v) is 13.3. The number of hydrogen-bond donors (Lipinski definition) is 0. The molecule has 3 heterocycles. The number of thiazole rings is 1. The van der Waals surface area contributed by atoms with Crippen molar-refractivity contribution in [3.8, 4) is 39.7 Å². The monoisotopic (exact) mass is 709 g/mol. The van der Waals surface area contributed by atoms with Gasteiger partial charge < -0.3 is 18.8 Å². The van der Waals surface area contributed by atoms with E-state index in [0.717, 1.165) is 40.2 Å². The average Bonchev–Trinajstić information content (AvgIpc) is 3.72. The molecule has 7 rings (SSSR count). The first kappa shape index (κ1) is 34.5. The Morgan fingerprint density at radius 2 is 1.52 bits per heavy atom. The molecule has 9 heteroatoms. The van der Waals surface area contributed by atoms with Crippen molar-refractivity contribution in [2.24, 2.45) is 4.99 Å². The number of methoxy groups -OCH3 is 2. The summed E-state index contributed by atoms with van der Waals surface area (Å²) in [4.78, 5) is 34.1. The standard InChI is InChI=1S/C43H39N3O5S/c1-5-16-34-38(42(48)51-6-2)40(33-27-32(49-3)23-24-36(33)50-4)46-41(47)37(52-43(46)44-34)26-30-25-35(28-17-10-7-11-18-28)45(31-21-14-9-15-22-31)39(30)29-19-12-8-13-20-29/h7-15,17-27,40H,5-6,16H2,1-4H3/b37-26-/t40-/m1/s1. The highest BCUT2D eigenvalue weighted by Gasteiger charge is 2.36. The number of carbonyl (C=O) groups is 1. The van der Waals surface area contributed by atoms with E-state index < -0.39 is 12.0 Å². The minimum absolute atomic E-state index is 0.179. The quantitative estimate of drug-likeness (QED) is 0.129.